The van der Waals surface area contributed by atoms with Crippen molar-refractivity contribution < 1.29 is 0 Å². The maximum absolute atomic E-state index is 3.68. The van der Waals surface area contributed by atoms with Crippen LogP contribution in [-0.2, 0) is 13.0 Å². The first-order chi connectivity index (χ1) is 10.2. The average Bonchev–Trinajstić information content (AvgIpc) is 2.50. The van der Waals surface area contributed by atoms with Gasteiger partial charge in [0.1, 0.15) is 0 Å². The Morgan fingerprint density at radius 2 is 2.10 bits per heavy atom. The lowest BCUT2D eigenvalue weighted by atomic mass is 9.99. The normalized spacial score (nSPS) is 15.9. The summed E-state index contributed by atoms with van der Waals surface area (Å²) in [5.74, 6) is 0. The molecule has 0 radical (unpaired) electrons. The number of nitrogens with zero attached hydrogens (tertiary/aromatic N) is 1. The summed E-state index contributed by atoms with van der Waals surface area (Å²) in [5.41, 5.74) is 4.39. The van der Waals surface area contributed by atoms with Gasteiger partial charge in [0.25, 0.3) is 0 Å². The molecular formula is C19H32N2. The quantitative estimate of drug-likeness (QED) is 0.708. The van der Waals surface area contributed by atoms with E-state index in [0.717, 1.165) is 6.54 Å². The molecule has 0 amide bonds. The van der Waals surface area contributed by atoms with E-state index < -0.39 is 0 Å². The summed E-state index contributed by atoms with van der Waals surface area (Å²) in [6.07, 6.45) is 9.27. The fraction of sp³-hybridized carbons (Fsp3) is 0.684. The minimum atomic E-state index is 0.626. The first-order valence-corrected chi connectivity index (χ1v) is 8.77. The van der Waals surface area contributed by atoms with Gasteiger partial charge in [-0.25, -0.2) is 0 Å². The molecule has 1 heterocycles. The zero-order chi connectivity index (χ0) is 15.1. The minimum absolute atomic E-state index is 0.626. The molecule has 1 aromatic carbocycles. The number of hydrogen-bond donors (Lipinski definition) is 1. The Hall–Kier alpha value is -1.02. The molecule has 1 unspecified atom stereocenters. The van der Waals surface area contributed by atoms with Crippen molar-refractivity contribution in [3.63, 3.8) is 0 Å². The van der Waals surface area contributed by atoms with Crippen LogP contribution in [-0.4, -0.2) is 19.6 Å². The Morgan fingerprint density at radius 3 is 2.90 bits per heavy atom. The van der Waals surface area contributed by atoms with Crippen molar-refractivity contribution in [3.8, 4) is 0 Å². The lowest BCUT2D eigenvalue weighted by molar-refractivity contribution is 0.482. The van der Waals surface area contributed by atoms with E-state index in [1.54, 1.807) is 0 Å². The summed E-state index contributed by atoms with van der Waals surface area (Å²) >= 11 is 0. The Kier molecular flexibility index (Phi) is 6.56. The average molecular weight is 288 g/mol. The van der Waals surface area contributed by atoms with E-state index >= 15 is 0 Å². The molecule has 0 aliphatic carbocycles. The Bertz CT molecular complexity index is 428. The van der Waals surface area contributed by atoms with Crippen molar-refractivity contribution in [2.75, 3.05) is 18.5 Å². The zero-order valence-electron chi connectivity index (χ0n) is 14.1. The predicted molar refractivity (Wildman–Crippen MR) is 93.1 cm³/mol. The Balaban J connectivity index is 1.78. The lowest BCUT2D eigenvalue weighted by Gasteiger charge is -2.28. The van der Waals surface area contributed by atoms with Crippen molar-refractivity contribution in [3.05, 3.63) is 29.3 Å². The molecule has 0 bridgehead atoms. The highest BCUT2D eigenvalue weighted by Crippen LogP contribution is 2.26. The van der Waals surface area contributed by atoms with Gasteiger partial charge in [0.05, 0.1) is 0 Å². The molecule has 118 valence electrons. The van der Waals surface area contributed by atoms with Gasteiger partial charge in [-0.3, -0.25) is 0 Å². The highest BCUT2D eigenvalue weighted by Gasteiger charge is 2.13. The summed E-state index contributed by atoms with van der Waals surface area (Å²) < 4.78 is 0. The van der Waals surface area contributed by atoms with E-state index in [4.69, 9.17) is 0 Å². The third kappa shape index (κ3) is 5.03. The number of fused-ring (bicyclic) bond motifs is 1. The highest BCUT2D eigenvalue weighted by molar-refractivity contribution is 5.56. The van der Waals surface area contributed by atoms with Gasteiger partial charge in [0.15, 0.2) is 0 Å². The molecule has 1 aliphatic heterocycles. The second-order valence-electron chi connectivity index (χ2n) is 6.62. The van der Waals surface area contributed by atoms with Crippen LogP contribution in [0.1, 0.15) is 63.5 Å². The van der Waals surface area contributed by atoms with Crippen LogP contribution < -0.4 is 10.2 Å². The first kappa shape index (κ1) is 16.4. The summed E-state index contributed by atoms with van der Waals surface area (Å²) in [7, 11) is 2.20. The minimum Gasteiger partial charge on any atom is -0.374 e. The molecule has 0 aromatic heterocycles. The number of benzene rings is 1. The van der Waals surface area contributed by atoms with Gasteiger partial charge in [0.2, 0.25) is 0 Å². The summed E-state index contributed by atoms with van der Waals surface area (Å²) in [6.45, 7) is 6.79. The molecule has 1 aromatic rings. The van der Waals surface area contributed by atoms with Gasteiger partial charge >= 0.3 is 0 Å². The van der Waals surface area contributed by atoms with E-state index in [2.05, 4.69) is 49.3 Å². The van der Waals surface area contributed by atoms with E-state index in [1.165, 1.54) is 68.3 Å². The van der Waals surface area contributed by atoms with Gasteiger partial charge in [0, 0.05) is 31.9 Å². The summed E-state index contributed by atoms with van der Waals surface area (Å²) in [4.78, 5) is 2.38. The van der Waals surface area contributed by atoms with E-state index in [0.29, 0.717) is 6.04 Å². The standard InChI is InChI=1S/C19H32N2/c1-4-5-6-7-9-16(2)20-15-17-11-12-19-18(14-17)10-8-13-21(19)3/h11-12,14,16,20H,4-10,13,15H2,1-3H3. The van der Waals surface area contributed by atoms with E-state index in [1.807, 2.05) is 0 Å². The van der Waals surface area contributed by atoms with Gasteiger partial charge in [-0.2, -0.15) is 0 Å². The van der Waals surface area contributed by atoms with Crippen LogP contribution in [0.4, 0.5) is 5.69 Å². The molecule has 2 nitrogen and oxygen atoms in total. The Labute approximate surface area is 130 Å². The molecule has 2 heteroatoms. The second kappa shape index (κ2) is 8.43. The molecule has 1 aliphatic rings. The third-order valence-electron chi connectivity index (χ3n) is 4.64. The van der Waals surface area contributed by atoms with Gasteiger partial charge in [-0.05, 0) is 43.4 Å². The van der Waals surface area contributed by atoms with Crippen LogP contribution in [0.5, 0.6) is 0 Å². The molecule has 0 saturated heterocycles. The van der Waals surface area contributed by atoms with Crippen LogP contribution >= 0.6 is 0 Å². The van der Waals surface area contributed by atoms with Crippen LogP contribution in [0.25, 0.3) is 0 Å². The van der Waals surface area contributed by atoms with Gasteiger partial charge in [-0.1, -0.05) is 44.7 Å². The monoisotopic (exact) mass is 288 g/mol. The van der Waals surface area contributed by atoms with Gasteiger partial charge in [-0.15, -0.1) is 0 Å². The van der Waals surface area contributed by atoms with Crippen LogP contribution in [0, 0.1) is 0 Å². The molecular weight excluding hydrogens is 256 g/mol. The fourth-order valence-electron chi connectivity index (χ4n) is 3.22. The molecule has 0 saturated carbocycles. The Morgan fingerprint density at radius 1 is 1.24 bits per heavy atom. The maximum Gasteiger partial charge on any atom is 0.0396 e. The molecule has 1 N–H and O–H groups in total. The fourth-order valence-corrected chi connectivity index (χ4v) is 3.22. The second-order valence-corrected chi connectivity index (χ2v) is 6.62. The van der Waals surface area contributed by atoms with Crippen LogP contribution in [0.2, 0.25) is 0 Å². The number of rotatable bonds is 8. The zero-order valence-corrected chi connectivity index (χ0v) is 14.1. The summed E-state index contributed by atoms with van der Waals surface area (Å²) in [5, 5.41) is 3.68. The van der Waals surface area contributed by atoms with Gasteiger partial charge < -0.3 is 10.2 Å². The van der Waals surface area contributed by atoms with Crippen molar-refractivity contribution in [1.29, 1.82) is 0 Å². The van der Waals surface area contributed by atoms with E-state index in [9.17, 15) is 0 Å². The first-order valence-electron chi connectivity index (χ1n) is 8.77. The lowest BCUT2D eigenvalue weighted by Crippen LogP contribution is -2.26. The number of unbranched alkanes of at least 4 members (excludes halogenated alkanes) is 3. The van der Waals surface area contributed by atoms with E-state index in [-0.39, 0.29) is 0 Å². The molecule has 2 rings (SSSR count). The highest BCUT2D eigenvalue weighted by atomic mass is 15.1. The number of aryl methyl sites for hydroxylation is 1. The summed E-state index contributed by atoms with van der Waals surface area (Å²) in [6, 6.07) is 7.62. The molecule has 1 atom stereocenters. The largest absolute Gasteiger partial charge is 0.374 e. The molecule has 0 fully saturated rings. The van der Waals surface area contributed by atoms with Crippen molar-refractivity contribution >= 4 is 5.69 Å². The van der Waals surface area contributed by atoms with Crippen molar-refractivity contribution in [2.45, 2.75) is 71.4 Å². The van der Waals surface area contributed by atoms with Crippen molar-refractivity contribution in [1.82, 2.24) is 5.32 Å². The smallest absolute Gasteiger partial charge is 0.0396 e. The SMILES string of the molecule is CCCCCCC(C)NCc1ccc2c(c1)CCCN2C. The molecule has 0 spiro atoms. The topological polar surface area (TPSA) is 15.3 Å². The molecule has 21 heavy (non-hydrogen) atoms. The maximum atomic E-state index is 3.68. The number of hydrogen-bond acceptors (Lipinski definition) is 2. The third-order valence-corrected chi connectivity index (χ3v) is 4.64. The number of anilines is 1. The van der Waals surface area contributed by atoms with Crippen LogP contribution in [0.3, 0.4) is 0 Å². The predicted octanol–water partition coefficient (Wildman–Crippen LogP) is 4.52. The van der Waals surface area contributed by atoms with Crippen LogP contribution in [0.15, 0.2) is 18.2 Å². The number of nitrogens with one attached hydrogen (secondary N) is 1. The van der Waals surface area contributed by atoms with Crippen molar-refractivity contribution in [2.24, 2.45) is 0 Å².